The first-order valence-corrected chi connectivity index (χ1v) is 7.08. The topological polar surface area (TPSA) is 38.1 Å². The minimum atomic E-state index is -0.745. The Kier molecular flexibility index (Phi) is 4.32. The highest BCUT2D eigenvalue weighted by molar-refractivity contribution is 7.99. The van der Waals surface area contributed by atoms with Gasteiger partial charge in [0.2, 0.25) is 0 Å². The number of aryl methyl sites for hydroxylation is 1. The van der Waals surface area contributed by atoms with Crippen molar-refractivity contribution in [2.24, 2.45) is 7.05 Å². The zero-order valence-corrected chi connectivity index (χ0v) is 11.9. The quantitative estimate of drug-likeness (QED) is 0.875. The number of aliphatic hydroxyl groups excluding tert-OH is 1. The highest BCUT2D eigenvalue weighted by atomic mass is 35.5. The summed E-state index contributed by atoms with van der Waals surface area (Å²) in [5.41, 5.74) is 1.44. The second kappa shape index (κ2) is 5.78. The molecule has 2 rings (SSSR count). The molecule has 1 aromatic heterocycles. The molecule has 0 saturated carbocycles. The predicted molar refractivity (Wildman–Crippen MR) is 75.1 cm³/mol. The lowest BCUT2D eigenvalue weighted by Crippen LogP contribution is -2.07. The Balaban J connectivity index is 2.26. The number of thioether (sulfide) groups is 1. The Labute approximate surface area is 116 Å². The van der Waals surface area contributed by atoms with Crippen LogP contribution >= 0.6 is 23.4 Å². The third-order valence-corrected chi connectivity index (χ3v) is 3.89. The maximum atomic E-state index is 10.3. The van der Waals surface area contributed by atoms with Crippen molar-refractivity contribution in [3.05, 3.63) is 46.7 Å². The highest BCUT2D eigenvalue weighted by Gasteiger charge is 2.18. The molecule has 1 atom stereocenters. The van der Waals surface area contributed by atoms with E-state index in [1.807, 2.05) is 24.3 Å². The molecule has 0 radical (unpaired) electrons. The minimum Gasteiger partial charge on any atom is -0.382 e. The van der Waals surface area contributed by atoms with Crippen LogP contribution in [0.4, 0.5) is 0 Å². The maximum Gasteiger partial charge on any atom is 0.122 e. The van der Waals surface area contributed by atoms with Gasteiger partial charge in [-0.15, -0.1) is 11.8 Å². The van der Waals surface area contributed by atoms with Crippen LogP contribution in [-0.4, -0.2) is 20.6 Å². The van der Waals surface area contributed by atoms with E-state index in [1.54, 1.807) is 29.7 Å². The first-order chi connectivity index (χ1) is 8.63. The summed E-state index contributed by atoms with van der Waals surface area (Å²) in [5, 5.41) is 14.8. The SMILES string of the molecule is CCSc1ccc(C(O)c2c(Cl)cnn2C)cc1. The van der Waals surface area contributed by atoms with Crippen molar-refractivity contribution in [1.82, 2.24) is 9.78 Å². The van der Waals surface area contributed by atoms with E-state index in [2.05, 4.69) is 12.0 Å². The number of benzene rings is 1. The average molecular weight is 283 g/mol. The lowest BCUT2D eigenvalue weighted by atomic mass is 10.1. The molecule has 0 fully saturated rings. The van der Waals surface area contributed by atoms with Crippen molar-refractivity contribution < 1.29 is 5.11 Å². The number of hydrogen-bond donors (Lipinski definition) is 1. The minimum absolute atomic E-state index is 0.483. The van der Waals surface area contributed by atoms with Crippen LogP contribution in [0.5, 0.6) is 0 Å². The molecule has 0 aliphatic carbocycles. The van der Waals surface area contributed by atoms with E-state index in [-0.39, 0.29) is 0 Å². The molecule has 1 heterocycles. The van der Waals surface area contributed by atoms with E-state index < -0.39 is 6.10 Å². The van der Waals surface area contributed by atoms with Gasteiger partial charge < -0.3 is 5.11 Å². The van der Waals surface area contributed by atoms with Gasteiger partial charge in [-0.3, -0.25) is 4.68 Å². The molecule has 1 N–H and O–H groups in total. The fraction of sp³-hybridized carbons (Fsp3) is 0.308. The van der Waals surface area contributed by atoms with Gasteiger partial charge >= 0.3 is 0 Å². The zero-order chi connectivity index (χ0) is 13.1. The number of halogens is 1. The van der Waals surface area contributed by atoms with E-state index in [9.17, 15) is 5.11 Å². The fourth-order valence-corrected chi connectivity index (χ4v) is 2.73. The fourth-order valence-electron chi connectivity index (χ4n) is 1.80. The van der Waals surface area contributed by atoms with Gasteiger partial charge in [0.15, 0.2) is 0 Å². The third-order valence-electron chi connectivity index (χ3n) is 2.70. The summed E-state index contributed by atoms with van der Waals surface area (Å²) in [6, 6.07) is 7.87. The molecular formula is C13H15ClN2OS. The van der Waals surface area contributed by atoms with Crippen LogP contribution in [0.1, 0.15) is 24.3 Å². The Bertz CT molecular complexity index is 505. The summed E-state index contributed by atoms with van der Waals surface area (Å²) in [5.74, 6) is 1.04. The van der Waals surface area contributed by atoms with Crippen LogP contribution in [-0.2, 0) is 7.05 Å². The first-order valence-electron chi connectivity index (χ1n) is 5.71. The van der Waals surface area contributed by atoms with Crippen molar-refractivity contribution in [3.63, 3.8) is 0 Å². The molecule has 0 spiro atoms. The van der Waals surface area contributed by atoms with Gasteiger partial charge in [0.1, 0.15) is 6.10 Å². The lowest BCUT2D eigenvalue weighted by molar-refractivity contribution is 0.210. The molecule has 0 saturated heterocycles. The monoisotopic (exact) mass is 282 g/mol. The predicted octanol–water partition coefficient (Wildman–Crippen LogP) is 3.27. The van der Waals surface area contributed by atoms with Crippen LogP contribution in [0.15, 0.2) is 35.4 Å². The first kappa shape index (κ1) is 13.5. The largest absolute Gasteiger partial charge is 0.382 e. The van der Waals surface area contributed by atoms with Crippen LogP contribution in [0, 0.1) is 0 Å². The molecular weight excluding hydrogens is 268 g/mol. The van der Waals surface area contributed by atoms with Gasteiger partial charge in [0.25, 0.3) is 0 Å². The van der Waals surface area contributed by atoms with Crippen LogP contribution in [0.3, 0.4) is 0 Å². The third kappa shape index (κ3) is 2.71. The molecule has 0 aliphatic heterocycles. The molecule has 0 bridgehead atoms. The molecule has 3 nitrogen and oxygen atoms in total. The molecule has 1 aromatic carbocycles. The Morgan fingerprint density at radius 3 is 2.56 bits per heavy atom. The van der Waals surface area contributed by atoms with Gasteiger partial charge in [-0.1, -0.05) is 30.7 Å². The van der Waals surface area contributed by atoms with Gasteiger partial charge in [-0.05, 0) is 23.4 Å². The summed E-state index contributed by atoms with van der Waals surface area (Å²) in [7, 11) is 1.77. The van der Waals surface area contributed by atoms with Gasteiger partial charge in [0.05, 0.1) is 16.9 Å². The summed E-state index contributed by atoms with van der Waals surface area (Å²) in [6.45, 7) is 2.11. The average Bonchev–Trinajstić information content (AvgIpc) is 2.70. The number of hydrogen-bond acceptors (Lipinski definition) is 3. The van der Waals surface area contributed by atoms with Gasteiger partial charge in [0, 0.05) is 11.9 Å². The second-order valence-corrected chi connectivity index (χ2v) is 5.65. The van der Waals surface area contributed by atoms with Crippen molar-refractivity contribution in [2.45, 2.75) is 17.9 Å². The number of rotatable bonds is 4. The number of aromatic nitrogens is 2. The van der Waals surface area contributed by atoms with Crippen molar-refractivity contribution in [3.8, 4) is 0 Å². The Morgan fingerprint density at radius 1 is 1.39 bits per heavy atom. The molecule has 1 unspecified atom stereocenters. The van der Waals surface area contributed by atoms with Crippen molar-refractivity contribution >= 4 is 23.4 Å². The standard InChI is InChI=1S/C13H15ClN2OS/c1-3-18-10-6-4-9(5-7-10)13(17)12-11(14)8-15-16(12)2/h4-8,13,17H,3H2,1-2H3. The molecule has 5 heteroatoms. The molecule has 0 amide bonds. The Morgan fingerprint density at radius 2 is 2.06 bits per heavy atom. The second-order valence-electron chi connectivity index (χ2n) is 3.91. The number of nitrogens with zero attached hydrogens (tertiary/aromatic N) is 2. The zero-order valence-electron chi connectivity index (χ0n) is 10.3. The van der Waals surface area contributed by atoms with Crippen molar-refractivity contribution in [1.29, 1.82) is 0 Å². The molecule has 18 heavy (non-hydrogen) atoms. The molecule has 2 aromatic rings. The van der Waals surface area contributed by atoms with E-state index in [4.69, 9.17) is 11.6 Å². The normalized spacial score (nSPS) is 12.7. The summed E-state index contributed by atoms with van der Waals surface area (Å²) in [6.07, 6.45) is 0.798. The Hall–Kier alpha value is -0.970. The van der Waals surface area contributed by atoms with E-state index in [0.717, 1.165) is 11.3 Å². The van der Waals surface area contributed by atoms with Gasteiger partial charge in [-0.2, -0.15) is 5.10 Å². The van der Waals surface area contributed by atoms with E-state index >= 15 is 0 Å². The highest BCUT2D eigenvalue weighted by Crippen LogP contribution is 2.28. The molecule has 96 valence electrons. The van der Waals surface area contributed by atoms with Gasteiger partial charge in [-0.25, -0.2) is 0 Å². The summed E-state index contributed by atoms with van der Waals surface area (Å²) >= 11 is 7.80. The smallest absolute Gasteiger partial charge is 0.122 e. The molecule has 0 aliphatic rings. The maximum absolute atomic E-state index is 10.3. The summed E-state index contributed by atoms with van der Waals surface area (Å²) < 4.78 is 1.60. The van der Waals surface area contributed by atoms with E-state index in [0.29, 0.717) is 10.7 Å². The number of aliphatic hydroxyl groups is 1. The lowest BCUT2D eigenvalue weighted by Gasteiger charge is -2.12. The summed E-state index contributed by atoms with van der Waals surface area (Å²) in [4.78, 5) is 1.20. The van der Waals surface area contributed by atoms with E-state index in [1.165, 1.54) is 4.90 Å². The van der Waals surface area contributed by atoms with Crippen molar-refractivity contribution in [2.75, 3.05) is 5.75 Å². The van der Waals surface area contributed by atoms with Crippen LogP contribution in [0.2, 0.25) is 5.02 Å². The van der Waals surface area contributed by atoms with Crippen LogP contribution in [0.25, 0.3) is 0 Å². The van der Waals surface area contributed by atoms with Crippen LogP contribution < -0.4 is 0 Å².